The minimum atomic E-state index is -4.19. The van der Waals surface area contributed by atoms with Crippen molar-refractivity contribution < 1.29 is 17.4 Å². The first-order valence-electron chi connectivity index (χ1n) is 4.07. The van der Waals surface area contributed by atoms with Crippen molar-refractivity contribution in [1.29, 1.82) is 0 Å². The smallest absolute Gasteiger partial charge is 0.347 e. The van der Waals surface area contributed by atoms with Crippen molar-refractivity contribution in [2.24, 2.45) is 3.77 Å². The van der Waals surface area contributed by atoms with Gasteiger partial charge in [-0.1, -0.05) is 15.9 Å². The third kappa shape index (κ3) is 3.36. The van der Waals surface area contributed by atoms with Gasteiger partial charge in [0.25, 0.3) is 0 Å². The molecule has 0 radical (unpaired) electrons. The van der Waals surface area contributed by atoms with Gasteiger partial charge in [-0.25, -0.2) is 4.21 Å². The van der Waals surface area contributed by atoms with Crippen molar-refractivity contribution in [2.75, 3.05) is 13.4 Å². The van der Waals surface area contributed by atoms with Gasteiger partial charge in [-0.2, -0.15) is 8.42 Å². The summed E-state index contributed by atoms with van der Waals surface area (Å²) in [5.74, 6) is 0.305. The zero-order valence-corrected chi connectivity index (χ0v) is 11.0. The van der Waals surface area contributed by atoms with Gasteiger partial charge in [0.2, 0.25) is 0 Å². The van der Waals surface area contributed by atoms with Crippen LogP contribution in [0.4, 0.5) is 0 Å². The van der Waals surface area contributed by atoms with Gasteiger partial charge in [0.05, 0.1) is 21.7 Å². The van der Waals surface area contributed by atoms with Crippen LogP contribution in [0.2, 0.25) is 0 Å². The predicted molar refractivity (Wildman–Crippen MR) is 62.5 cm³/mol. The van der Waals surface area contributed by atoms with E-state index in [1.54, 1.807) is 18.2 Å². The highest BCUT2D eigenvalue weighted by Gasteiger charge is 2.15. The molecule has 16 heavy (non-hydrogen) atoms. The van der Waals surface area contributed by atoms with Crippen molar-refractivity contribution in [3.05, 3.63) is 24.3 Å². The Labute approximate surface area is 99.1 Å². The molecular formula is C8H10ClNO4S2. The third-order valence-electron chi connectivity index (χ3n) is 1.71. The minimum Gasteiger partial charge on any atom is -0.495 e. The van der Waals surface area contributed by atoms with E-state index in [1.165, 1.54) is 19.4 Å². The number of ether oxygens (including phenoxy) is 1. The van der Waals surface area contributed by atoms with Crippen molar-refractivity contribution in [1.82, 2.24) is 0 Å². The molecule has 1 unspecified atom stereocenters. The van der Waals surface area contributed by atoms with Gasteiger partial charge in [-0.05, 0) is 12.1 Å². The number of nitrogens with zero attached hydrogens (tertiary/aromatic N) is 1. The Morgan fingerprint density at radius 3 is 2.31 bits per heavy atom. The van der Waals surface area contributed by atoms with Crippen molar-refractivity contribution in [3.8, 4) is 5.75 Å². The molecule has 0 aliphatic rings. The lowest BCUT2D eigenvalue weighted by atomic mass is 10.3. The number of para-hydroxylation sites is 1. The summed E-state index contributed by atoms with van der Waals surface area (Å²) in [5, 5.41) is 0. The second-order valence-corrected chi connectivity index (χ2v) is 7.58. The normalized spacial score (nSPS) is 15.2. The van der Waals surface area contributed by atoms with Gasteiger partial charge in [0.15, 0.2) is 0 Å². The van der Waals surface area contributed by atoms with Crippen LogP contribution in [-0.4, -0.2) is 26.0 Å². The zero-order valence-electron chi connectivity index (χ0n) is 8.58. The van der Waals surface area contributed by atoms with Gasteiger partial charge < -0.3 is 4.74 Å². The summed E-state index contributed by atoms with van der Waals surface area (Å²) < 4.78 is 41.7. The molecule has 0 aliphatic heterocycles. The summed E-state index contributed by atoms with van der Waals surface area (Å²) in [6, 6.07) is 6.33. The van der Waals surface area contributed by atoms with Crippen LogP contribution in [0.5, 0.6) is 5.75 Å². The molecule has 8 heteroatoms. The number of hydrogen-bond acceptors (Lipinski definition) is 4. The van der Waals surface area contributed by atoms with E-state index in [9.17, 15) is 12.6 Å². The molecular weight excluding hydrogens is 274 g/mol. The van der Waals surface area contributed by atoms with Gasteiger partial charge in [0.1, 0.15) is 5.75 Å². The first-order chi connectivity index (χ1) is 7.26. The van der Waals surface area contributed by atoms with Crippen LogP contribution in [0.1, 0.15) is 0 Å². The monoisotopic (exact) mass is 283 g/mol. The summed E-state index contributed by atoms with van der Waals surface area (Å²) >= 11 is 0. The topological polar surface area (TPSA) is 72.8 Å². The molecule has 0 fully saturated rings. The Bertz CT molecular complexity index is 602. The maximum Gasteiger partial charge on any atom is 0.347 e. The molecule has 1 rings (SSSR count). The van der Waals surface area contributed by atoms with E-state index in [4.69, 9.17) is 15.4 Å². The van der Waals surface area contributed by atoms with E-state index in [0.29, 0.717) is 5.75 Å². The average Bonchev–Trinajstić information content (AvgIpc) is 2.14. The second-order valence-electron chi connectivity index (χ2n) is 2.94. The fraction of sp³-hybridized carbons (Fsp3) is 0.250. The van der Waals surface area contributed by atoms with Gasteiger partial charge >= 0.3 is 9.24 Å². The molecule has 0 amide bonds. The molecule has 0 saturated heterocycles. The van der Waals surface area contributed by atoms with Crippen LogP contribution in [0, 0.1) is 0 Å². The number of rotatable bonds is 3. The Kier molecular flexibility index (Phi) is 3.82. The van der Waals surface area contributed by atoms with E-state index >= 15 is 0 Å². The maximum atomic E-state index is 12.1. The lowest BCUT2D eigenvalue weighted by Crippen LogP contribution is -2.02. The fourth-order valence-electron chi connectivity index (χ4n) is 1.14. The van der Waals surface area contributed by atoms with Crippen LogP contribution in [0.25, 0.3) is 0 Å². The fourth-order valence-corrected chi connectivity index (χ4v) is 4.65. The van der Waals surface area contributed by atoms with Gasteiger partial charge in [0, 0.05) is 16.9 Å². The van der Waals surface area contributed by atoms with Crippen LogP contribution in [0.3, 0.4) is 0 Å². The lowest BCUT2D eigenvalue weighted by Gasteiger charge is -2.08. The highest BCUT2D eigenvalue weighted by Crippen LogP contribution is 2.25. The van der Waals surface area contributed by atoms with E-state index in [-0.39, 0.29) is 4.90 Å². The molecule has 1 aromatic carbocycles. The van der Waals surface area contributed by atoms with E-state index in [2.05, 4.69) is 3.77 Å². The van der Waals surface area contributed by atoms with Gasteiger partial charge in [-0.15, -0.1) is 0 Å². The third-order valence-corrected chi connectivity index (χ3v) is 5.22. The Morgan fingerprint density at radius 2 is 1.81 bits per heavy atom. The van der Waals surface area contributed by atoms with E-state index in [0.717, 1.165) is 0 Å². The van der Waals surface area contributed by atoms with E-state index < -0.39 is 19.0 Å². The molecule has 0 aromatic heterocycles. The van der Waals surface area contributed by atoms with Crippen molar-refractivity contribution >= 4 is 29.6 Å². The Balaban J connectivity index is 3.51. The quantitative estimate of drug-likeness (QED) is 0.791. The Hall–Kier alpha value is -0.790. The SMILES string of the molecule is COc1ccccc1S(C)(=O)=NS(=O)(=O)Cl. The van der Waals surface area contributed by atoms with Crippen LogP contribution in [0.15, 0.2) is 32.9 Å². The van der Waals surface area contributed by atoms with Crippen LogP contribution < -0.4 is 4.74 Å². The van der Waals surface area contributed by atoms with Gasteiger partial charge in [-0.3, -0.25) is 0 Å². The molecule has 0 N–H and O–H groups in total. The summed E-state index contributed by atoms with van der Waals surface area (Å²) in [5.41, 5.74) is 0. The number of methoxy groups -OCH3 is 1. The number of hydrogen-bond donors (Lipinski definition) is 0. The standard InChI is InChI=1S/C8H10ClNO4S2/c1-14-7-5-3-4-6-8(7)15(2,11)10-16(9,12)13/h3-6H,1-2H3. The maximum absolute atomic E-state index is 12.1. The molecule has 0 aliphatic carbocycles. The summed E-state index contributed by atoms with van der Waals surface area (Å²) in [6.07, 6.45) is 1.19. The summed E-state index contributed by atoms with van der Waals surface area (Å²) in [7, 11) is -0.978. The highest BCUT2D eigenvalue weighted by molar-refractivity contribution is 8.17. The van der Waals surface area contributed by atoms with Crippen LogP contribution in [-0.2, 0) is 19.0 Å². The van der Waals surface area contributed by atoms with Crippen molar-refractivity contribution in [2.45, 2.75) is 4.90 Å². The molecule has 0 bridgehead atoms. The second kappa shape index (κ2) is 4.60. The first kappa shape index (κ1) is 13.3. The first-order valence-corrected chi connectivity index (χ1v) is 8.26. The highest BCUT2D eigenvalue weighted by atomic mass is 35.7. The molecule has 90 valence electrons. The Morgan fingerprint density at radius 1 is 1.25 bits per heavy atom. The van der Waals surface area contributed by atoms with Crippen molar-refractivity contribution in [3.63, 3.8) is 0 Å². The number of halogens is 1. The predicted octanol–water partition coefficient (Wildman–Crippen LogP) is 1.64. The molecule has 5 nitrogen and oxygen atoms in total. The molecule has 1 atom stereocenters. The number of benzene rings is 1. The van der Waals surface area contributed by atoms with Crippen LogP contribution >= 0.6 is 10.7 Å². The molecule has 0 saturated carbocycles. The largest absolute Gasteiger partial charge is 0.495 e. The van der Waals surface area contributed by atoms with E-state index in [1.807, 2.05) is 0 Å². The summed E-state index contributed by atoms with van der Waals surface area (Å²) in [6.45, 7) is 0. The molecule has 1 aromatic rings. The lowest BCUT2D eigenvalue weighted by molar-refractivity contribution is 0.404. The molecule has 0 heterocycles. The molecule has 0 spiro atoms. The summed E-state index contributed by atoms with van der Waals surface area (Å²) in [4.78, 5) is 0.196. The minimum absolute atomic E-state index is 0.196. The average molecular weight is 284 g/mol. The zero-order chi connectivity index (χ0) is 12.4.